The molecule has 142 valence electrons. The van der Waals surface area contributed by atoms with Crippen molar-refractivity contribution in [1.82, 2.24) is 10.1 Å². The second-order valence-corrected chi connectivity index (χ2v) is 7.21. The number of carbonyl (C=O) groups is 1. The first-order valence-electron chi connectivity index (χ1n) is 8.40. The minimum Gasteiger partial charge on any atom is -0.356 e. The summed E-state index contributed by atoms with van der Waals surface area (Å²) in [7, 11) is 0. The Balaban J connectivity index is 1.66. The van der Waals surface area contributed by atoms with Gasteiger partial charge in [0.25, 0.3) is 11.6 Å². The molecule has 3 aromatic rings. The highest BCUT2D eigenvalue weighted by molar-refractivity contribution is 6.31. The van der Waals surface area contributed by atoms with Crippen LogP contribution in [0.1, 0.15) is 21.6 Å². The van der Waals surface area contributed by atoms with Gasteiger partial charge in [0.2, 0.25) is 0 Å². The molecule has 0 aliphatic carbocycles. The quantitative estimate of drug-likeness (QED) is 0.452. The van der Waals surface area contributed by atoms with Gasteiger partial charge < -0.3 is 9.42 Å². The first kappa shape index (κ1) is 18.5. The molecule has 0 fully saturated rings. The molecule has 0 radical (unpaired) electrons. The molecule has 0 unspecified atom stereocenters. The summed E-state index contributed by atoms with van der Waals surface area (Å²) in [6.07, 6.45) is 0.500. The van der Waals surface area contributed by atoms with Crippen LogP contribution in [0.3, 0.4) is 0 Å². The van der Waals surface area contributed by atoms with Gasteiger partial charge in [-0.2, -0.15) is 0 Å². The monoisotopic (exact) mass is 417 g/mol. The average molecular weight is 418 g/mol. The normalized spacial score (nSPS) is 13.3. The van der Waals surface area contributed by atoms with Gasteiger partial charge in [-0.15, -0.1) is 0 Å². The minimum atomic E-state index is -0.604. The summed E-state index contributed by atoms with van der Waals surface area (Å²) in [6.45, 7) is 0.633. The lowest BCUT2D eigenvalue weighted by molar-refractivity contribution is -0.385. The average Bonchev–Trinajstić information content (AvgIpc) is 3.11. The number of nitro groups is 1. The Morgan fingerprint density at radius 1 is 1.14 bits per heavy atom. The van der Waals surface area contributed by atoms with E-state index in [0.29, 0.717) is 23.7 Å². The third kappa shape index (κ3) is 3.34. The fraction of sp³-hybridized carbons (Fsp3) is 0.158. The zero-order valence-corrected chi connectivity index (χ0v) is 15.9. The first-order valence-corrected chi connectivity index (χ1v) is 9.16. The third-order valence-electron chi connectivity index (χ3n) is 4.62. The molecule has 1 aliphatic heterocycles. The molecule has 9 heteroatoms. The maximum absolute atomic E-state index is 13.0. The van der Waals surface area contributed by atoms with Gasteiger partial charge in [-0.05, 0) is 36.4 Å². The molecule has 0 bridgehead atoms. The van der Waals surface area contributed by atoms with Crippen LogP contribution in [-0.4, -0.2) is 27.4 Å². The second-order valence-electron chi connectivity index (χ2n) is 6.34. The molecule has 0 saturated carbocycles. The van der Waals surface area contributed by atoms with Gasteiger partial charge in [0.1, 0.15) is 5.56 Å². The largest absolute Gasteiger partial charge is 0.356 e. The number of nitrogens with zero attached hydrogens (tertiary/aromatic N) is 3. The Morgan fingerprint density at radius 2 is 1.86 bits per heavy atom. The highest BCUT2D eigenvalue weighted by Gasteiger charge is 2.31. The number of halogens is 2. The van der Waals surface area contributed by atoms with Gasteiger partial charge in [-0.25, -0.2) is 0 Å². The second kappa shape index (κ2) is 7.26. The van der Waals surface area contributed by atoms with Crippen LogP contribution >= 0.6 is 23.2 Å². The van der Waals surface area contributed by atoms with Crippen LogP contribution in [0.4, 0.5) is 5.69 Å². The van der Waals surface area contributed by atoms with Crippen molar-refractivity contribution in [3.05, 3.63) is 79.4 Å². The SMILES string of the molecule is O=C(c1ccc(Cl)cc1[N+](=O)[O-])N1CCc2noc(-c3ccc(Cl)cc3)c2C1. The molecule has 1 aromatic heterocycles. The number of hydrogen-bond donors (Lipinski definition) is 0. The number of fused-ring (bicyclic) bond motifs is 1. The molecule has 7 nitrogen and oxygen atoms in total. The summed E-state index contributed by atoms with van der Waals surface area (Å²) >= 11 is 11.8. The van der Waals surface area contributed by atoms with Crippen LogP contribution in [0, 0.1) is 10.1 Å². The summed E-state index contributed by atoms with van der Waals surface area (Å²) < 4.78 is 5.50. The van der Waals surface area contributed by atoms with Crippen molar-refractivity contribution in [2.24, 2.45) is 0 Å². The smallest absolute Gasteiger partial charge is 0.283 e. The number of benzene rings is 2. The molecule has 2 aromatic carbocycles. The van der Waals surface area contributed by atoms with Crippen molar-refractivity contribution in [2.45, 2.75) is 13.0 Å². The van der Waals surface area contributed by atoms with Gasteiger partial charge in [0.15, 0.2) is 5.76 Å². The highest BCUT2D eigenvalue weighted by atomic mass is 35.5. The lowest BCUT2D eigenvalue weighted by Gasteiger charge is -2.26. The third-order valence-corrected chi connectivity index (χ3v) is 5.10. The minimum absolute atomic E-state index is 0.00217. The first-order chi connectivity index (χ1) is 13.4. The van der Waals surface area contributed by atoms with E-state index >= 15 is 0 Å². The fourth-order valence-electron chi connectivity index (χ4n) is 3.22. The van der Waals surface area contributed by atoms with Crippen LogP contribution < -0.4 is 0 Å². The van der Waals surface area contributed by atoms with E-state index < -0.39 is 10.8 Å². The van der Waals surface area contributed by atoms with E-state index in [1.807, 2.05) is 12.1 Å². The van der Waals surface area contributed by atoms with Gasteiger partial charge in [0.05, 0.1) is 17.2 Å². The standard InChI is InChI=1S/C19H13Cl2N3O4/c20-12-3-1-11(2-4-12)18-15-10-23(8-7-16(15)22-28-18)19(25)14-6-5-13(21)9-17(14)24(26)27/h1-6,9H,7-8,10H2. The molecular formula is C19H13Cl2N3O4. The Labute approximate surface area is 169 Å². The van der Waals surface area contributed by atoms with E-state index in [9.17, 15) is 14.9 Å². The predicted molar refractivity (Wildman–Crippen MR) is 103 cm³/mol. The number of rotatable bonds is 3. The van der Waals surface area contributed by atoms with E-state index in [4.69, 9.17) is 27.7 Å². The Morgan fingerprint density at radius 3 is 2.57 bits per heavy atom. The molecule has 0 N–H and O–H groups in total. The van der Waals surface area contributed by atoms with Crippen molar-refractivity contribution in [1.29, 1.82) is 0 Å². The maximum atomic E-state index is 13.0. The number of amides is 1. The molecule has 2 heterocycles. The van der Waals surface area contributed by atoms with Crippen molar-refractivity contribution < 1.29 is 14.2 Å². The Kier molecular flexibility index (Phi) is 4.78. The Bertz CT molecular complexity index is 1080. The molecule has 0 spiro atoms. The fourth-order valence-corrected chi connectivity index (χ4v) is 3.51. The summed E-state index contributed by atoms with van der Waals surface area (Å²) in [6, 6.07) is 11.1. The lowest BCUT2D eigenvalue weighted by atomic mass is 10.0. The van der Waals surface area contributed by atoms with Crippen LogP contribution in [0.25, 0.3) is 11.3 Å². The van der Waals surface area contributed by atoms with Crippen LogP contribution in [0.2, 0.25) is 10.0 Å². The topological polar surface area (TPSA) is 89.5 Å². The van der Waals surface area contributed by atoms with Crippen LogP contribution in [-0.2, 0) is 13.0 Å². The molecule has 1 aliphatic rings. The van der Waals surface area contributed by atoms with Crippen molar-refractivity contribution in [3.63, 3.8) is 0 Å². The molecule has 28 heavy (non-hydrogen) atoms. The number of hydrogen-bond acceptors (Lipinski definition) is 5. The van der Waals surface area contributed by atoms with E-state index in [0.717, 1.165) is 16.8 Å². The number of nitro benzene ring substituents is 1. The molecular weight excluding hydrogens is 405 g/mol. The van der Waals surface area contributed by atoms with Gasteiger partial charge in [-0.3, -0.25) is 14.9 Å². The summed E-state index contributed by atoms with van der Waals surface area (Å²) in [4.78, 5) is 25.2. The van der Waals surface area contributed by atoms with E-state index in [2.05, 4.69) is 5.16 Å². The highest BCUT2D eigenvalue weighted by Crippen LogP contribution is 2.32. The molecule has 4 rings (SSSR count). The predicted octanol–water partition coefficient (Wildman–Crippen LogP) is 4.76. The summed E-state index contributed by atoms with van der Waals surface area (Å²) in [5, 5.41) is 16.2. The lowest BCUT2D eigenvalue weighted by Crippen LogP contribution is -2.36. The summed E-state index contributed by atoms with van der Waals surface area (Å²) in [5.41, 5.74) is 2.05. The maximum Gasteiger partial charge on any atom is 0.283 e. The number of aromatic nitrogens is 1. The molecule has 1 amide bonds. The number of carbonyl (C=O) groups excluding carboxylic acids is 1. The van der Waals surface area contributed by atoms with E-state index in [1.165, 1.54) is 18.2 Å². The van der Waals surface area contributed by atoms with Gasteiger partial charge in [0, 0.05) is 40.2 Å². The molecule has 0 saturated heterocycles. The van der Waals surface area contributed by atoms with Crippen LogP contribution in [0.15, 0.2) is 47.0 Å². The zero-order valence-electron chi connectivity index (χ0n) is 14.4. The van der Waals surface area contributed by atoms with Gasteiger partial charge >= 0.3 is 0 Å². The zero-order chi connectivity index (χ0) is 19.8. The van der Waals surface area contributed by atoms with E-state index in [1.54, 1.807) is 17.0 Å². The molecule has 0 atom stereocenters. The summed E-state index contributed by atoms with van der Waals surface area (Å²) in [5.74, 6) is 0.132. The van der Waals surface area contributed by atoms with Gasteiger partial charge in [-0.1, -0.05) is 28.4 Å². The Hall–Kier alpha value is -2.90. The van der Waals surface area contributed by atoms with E-state index in [-0.39, 0.29) is 22.8 Å². The van der Waals surface area contributed by atoms with Crippen LogP contribution in [0.5, 0.6) is 0 Å². The van der Waals surface area contributed by atoms with Crippen molar-refractivity contribution in [3.8, 4) is 11.3 Å². The van der Waals surface area contributed by atoms with Crippen molar-refractivity contribution >= 4 is 34.8 Å². The van der Waals surface area contributed by atoms with Crippen molar-refractivity contribution in [2.75, 3.05) is 6.54 Å².